The number of rotatable bonds is 5. The highest BCUT2D eigenvalue weighted by atomic mass is 79.9. The highest BCUT2D eigenvalue weighted by molar-refractivity contribution is 9.10. The van der Waals surface area contributed by atoms with Gasteiger partial charge in [-0.25, -0.2) is 4.39 Å². The van der Waals surface area contributed by atoms with E-state index in [2.05, 4.69) is 20.9 Å². The molecule has 0 saturated carbocycles. The van der Waals surface area contributed by atoms with Gasteiger partial charge in [0.2, 0.25) is 0 Å². The molecule has 0 atom stereocenters. The van der Waals surface area contributed by atoms with Crippen molar-refractivity contribution in [3.05, 3.63) is 64.1 Å². The molecule has 0 aliphatic heterocycles. The average molecular weight is 322 g/mol. The predicted molar refractivity (Wildman–Crippen MR) is 75.4 cm³/mol. The zero-order valence-electron chi connectivity index (χ0n) is 10.3. The van der Waals surface area contributed by atoms with Crippen LogP contribution in [0.4, 0.5) is 4.39 Å². The molecule has 0 saturated heterocycles. The largest absolute Gasteiger partial charge is 0.299 e. The minimum atomic E-state index is -0.327. The van der Waals surface area contributed by atoms with E-state index in [0.29, 0.717) is 22.9 Å². The fourth-order valence-corrected chi connectivity index (χ4v) is 2.38. The van der Waals surface area contributed by atoms with Gasteiger partial charge in [-0.05, 0) is 47.9 Å². The summed E-state index contributed by atoms with van der Waals surface area (Å²) >= 11 is 3.22. The zero-order chi connectivity index (χ0) is 13.7. The number of aryl methyl sites for hydroxylation is 1. The first kappa shape index (κ1) is 13.9. The second-order valence-electron chi connectivity index (χ2n) is 4.35. The SMILES string of the molecule is O=C(CCc1ccncc1)Cc1cc(F)cc(Br)c1. The van der Waals surface area contributed by atoms with Gasteiger partial charge in [0.25, 0.3) is 0 Å². The van der Waals surface area contributed by atoms with Gasteiger partial charge in [0.1, 0.15) is 11.6 Å². The molecule has 0 amide bonds. The van der Waals surface area contributed by atoms with Crippen LogP contribution in [0.3, 0.4) is 0 Å². The number of pyridine rings is 1. The maximum atomic E-state index is 13.2. The number of aromatic nitrogens is 1. The van der Waals surface area contributed by atoms with Crippen LogP contribution in [0.2, 0.25) is 0 Å². The van der Waals surface area contributed by atoms with Crippen molar-refractivity contribution < 1.29 is 9.18 Å². The molecule has 2 nitrogen and oxygen atoms in total. The Balaban J connectivity index is 1.91. The van der Waals surface area contributed by atoms with Crippen molar-refractivity contribution in [3.8, 4) is 0 Å². The molecule has 0 N–H and O–H groups in total. The zero-order valence-corrected chi connectivity index (χ0v) is 11.9. The van der Waals surface area contributed by atoms with E-state index in [9.17, 15) is 9.18 Å². The van der Waals surface area contributed by atoms with Crippen LogP contribution in [0.25, 0.3) is 0 Å². The summed E-state index contributed by atoms with van der Waals surface area (Å²) in [5.41, 5.74) is 1.79. The van der Waals surface area contributed by atoms with Gasteiger partial charge >= 0.3 is 0 Å². The Labute approximate surface area is 119 Å². The van der Waals surface area contributed by atoms with E-state index in [0.717, 1.165) is 5.56 Å². The van der Waals surface area contributed by atoms with Gasteiger partial charge in [0, 0.05) is 29.7 Å². The van der Waals surface area contributed by atoms with Crippen LogP contribution in [0.15, 0.2) is 47.2 Å². The third-order valence-corrected chi connectivity index (χ3v) is 3.22. The summed E-state index contributed by atoms with van der Waals surface area (Å²) in [4.78, 5) is 15.8. The lowest BCUT2D eigenvalue weighted by molar-refractivity contribution is -0.118. The first-order valence-corrected chi connectivity index (χ1v) is 6.78. The second-order valence-corrected chi connectivity index (χ2v) is 5.26. The Morgan fingerprint density at radius 1 is 1.16 bits per heavy atom. The van der Waals surface area contributed by atoms with Crippen molar-refractivity contribution in [2.24, 2.45) is 0 Å². The maximum Gasteiger partial charge on any atom is 0.137 e. The lowest BCUT2D eigenvalue weighted by Crippen LogP contribution is -2.04. The summed E-state index contributed by atoms with van der Waals surface area (Å²) in [6.07, 6.45) is 4.84. The molecule has 19 heavy (non-hydrogen) atoms. The van der Waals surface area contributed by atoms with E-state index in [1.165, 1.54) is 12.1 Å². The number of hydrogen-bond acceptors (Lipinski definition) is 2. The van der Waals surface area contributed by atoms with Gasteiger partial charge in [-0.2, -0.15) is 0 Å². The number of carbonyl (C=O) groups is 1. The Kier molecular flexibility index (Phi) is 4.80. The third kappa shape index (κ3) is 4.56. The van der Waals surface area contributed by atoms with Crippen molar-refractivity contribution in [3.63, 3.8) is 0 Å². The molecule has 1 aromatic heterocycles. The molecule has 98 valence electrons. The molecule has 0 bridgehead atoms. The number of hydrogen-bond donors (Lipinski definition) is 0. The van der Waals surface area contributed by atoms with Crippen molar-refractivity contribution in [1.82, 2.24) is 4.98 Å². The van der Waals surface area contributed by atoms with E-state index in [4.69, 9.17) is 0 Å². The number of halogens is 2. The van der Waals surface area contributed by atoms with Crippen LogP contribution in [-0.4, -0.2) is 10.8 Å². The summed E-state index contributed by atoms with van der Waals surface area (Å²) in [7, 11) is 0. The van der Waals surface area contributed by atoms with Gasteiger partial charge < -0.3 is 0 Å². The highest BCUT2D eigenvalue weighted by Crippen LogP contribution is 2.16. The Hall–Kier alpha value is -1.55. The standard InChI is InChI=1S/C15H13BrFNO/c16-13-7-12(8-14(17)10-13)9-15(19)2-1-11-3-5-18-6-4-11/h3-8,10H,1-2,9H2. The molecule has 2 rings (SSSR count). The number of Topliss-reactive ketones (excluding diaryl/α,β-unsaturated/α-hetero) is 1. The van der Waals surface area contributed by atoms with E-state index < -0.39 is 0 Å². The topological polar surface area (TPSA) is 30.0 Å². The fourth-order valence-electron chi connectivity index (χ4n) is 1.86. The minimum Gasteiger partial charge on any atom is -0.299 e. The predicted octanol–water partition coefficient (Wildman–Crippen LogP) is 3.73. The van der Waals surface area contributed by atoms with Crippen LogP contribution in [0, 0.1) is 5.82 Å². The van der Waals surface area contributed by atoms with Gasteiger partial charge in [-0.3, -0.25) is 9.78 Å². The quantitative estimate of drug-likeness (QED) is 0.840. The Morgan fingerprint density at radius 3 is 2.58 bits per heavy atom. The van der Waals surface area contributed by atoms with Crippen LogP contribution >= 0.6 is 15.9 Å². The molecule has 0 radical (unpaired) electrons. The molecule has 1 heterocycles. The van der Waals surface area contributed by atoms with Crippen LogP contribution in [0.1, 0.15) is 17.5 Å². The highest BCUT2D eigenvalue weighted by Gasteiger charge is 2.06. The lowest BCUT2D eigenvalue weighted by atomic mass is 10.0. The second kappa shape index (κ2) is 6.57. The van der Waals surface area contributed by atoms with Crippen molar-refractivity contribution >= 4 is 21.7 Å². The molecule has 1 aromatic carbocycles. The molecule has 2 aromatic rings. The molecule has 0 aliphatic rings. The van der Waals surface area contributed by atoms with Crippen LogP contribution < -0.4 is 0 Å². The average Bonchev–Trinajstić information content (AvgIpc) is 2.36. The molecule has 0 aliphatic carbocycles. The molecule has 0 unspecified atom stereocenters. The van der Waals surface area contributed by atoms with Crippen LogP contribution in [0.5, 0.6) is 0 Å². The van der Waals surface area contributed by atoms with Gasteiger partial charge in [-0.1, -0.05) is 15.9 Å². The number of ketones is 1. The number of benzene rings is 1. The first-order valence-electron chi connectivity index (χ1n) is 5.99. The summed E-state index contributed by atoms with van der Waals surface area (Å²) < 4.78 is 13.8. The van der Waals surface area contributed by atoms with E-state index >= 15 is 0 Å². The molecular formula is C15H13BrFNO. The maximum absolute atomic E-state index is 13.2. The van der Waals surface area contributed by atoms with Crippen molar-refractivity contribution in [2.45, 2.75) is 19.3 Å². The number of carbonyl (C=O) groups excluding carboxylic acids is 1. The molecule has 4 heteroatoms. The summed E-state index contributed by atoms with van der Waals surface area (Å²) in [5.74, 6) is -0.222. The van der Waals surface area contributed by atoms with Crippen LogP contribution in [-0.2, 0) is 17.6 Å². The Bertz CT molecular complexity index is 551. The number of nitrogens with zero attached hydrogens (tertiary/aromatic N) is 1. The third-order valence-electron chi connectivity index (χ3n) is 2.77. The lowest BCUT2D eigenvalue weighted by Gasteiger charge is -2.03. The van der Waals surface area contributed by atoms with E-state index in [1.807, 2.05) is 12.1 Å². The van der Waals surface area contributed by atoms with Gasteiger partial charge in [0.05, 0.1) is 0 Å². The smallest absolute Gasteiger partial charge is 0.137 e. The van der Waals surface area contributed by atoms with Crippen molar-refractivity contribution in [2.75, 3.05) is 0 Å². The van der Waals surface area contributed by atoms with Gasteiger partial charge in [0.15, 0.2) is 0 Å². The molecule has 0 fully saturated rings. The minimum absolute atomic E-state index is 0.106. The summed E-state index contributed by atoms with van der Waals surface area (Å²) in [6.45, 7) is 0. The van der Waals surface area contributed by atoms with Crippen molar-refractivity contribution in [1.29, 1.82) is 0 Å². The normalized spacial score (nSPS) is 10.4. The first-order chi connectivity index (χ1) is 9.13. The molecule has 0 spiro atoms. The Morgan fingerprint density at radius 2 is 1.89 bits per heavy atom. The summed E-state index contributed by atoms with van der Waals surface area (Å²) in [5, 5.41) is 0. The van der Waals surface area contributed by atoms with E-state index in [-0.39, 0.29) is 18.0 Å². The summed E-state index contributed by atoms with van der Waals surface area (Å²) in [6, 6.07) is 8.34. The van der Waals surface area contributed by atoms with E-state index in [1.54, 1.807) is 18.5 Å². The fraction of sp³-hybridized carbons (Fsp3) is 0.200. The molecular weight excluding hydrogens is 309 g/mol. The monoisotopic (exact) mass is 321 g/mol. The van der Waals surface area contributed by atoms with Gasteiger partial charge in [-0.15, -0.1) is 0 Å².